The lowest BCUT2D eigenvalue weighted by Gasteiger charge is -2.09. The second-order valence-corrected chi connectivity index (χ2v) is 5.69. The van der Waals surface area contributed by atoms with Crippen molar-refractivity contribution >= 4 is 34.0 Å². The molecule has 0 unspecified atom stereocenters. The summed E-state index contributed by atoms with van der Waals surface area (Å²) >= 11 is 3.21. The van der Waals surface area contributed by atoms with Gasteiger partial charge in [-0.3, -0.25) is 9.59 Å². The van der Waals surface area contributed by atoms with Gasteiger partial charge in [0, 0.05) is 10.0 Å². The topological polar surface area (TPSA) is 59.0 Å². The molecule has 0 aliphatic carbocycles. The van der Waals surface area contributed by atoms with Crippen molar-refractivity contribution in [3.63, 3.8) is 0 Å². The van der Waals surface area contributed by atoms with Gasteiger partial charge in [0.05, 0.1) is 17.3 Å². The zero-order valence-electron chi connectivity index (χ0n) is 11.9. The number of hydrogen-bond acceptors (Lipinski definition) is 4. The van der Waals surface area contributed by atoms with Crippen molar-refractivity contribution in [2.75, 3.05) is 0 Å². The number of ether oxygens (including phenoxy) is 1. The number of alkyl halides is 2. The molecular weight excluding hydrogens is 386 g/mol. The Morgan fingerprint density at radius 1 is 1.08 bits per heavy atom. The van der Waals surface area contributed by atoms with Crippen molar-refractivity contribution in [2.24, 2.45) is 5.10 Å². The summed E-state index contributed by atoms with van der Waals surface area (Å²) in [6, 6.07) is 10.7. The predicted octanol–water partition coefficient (Wildman–Crippen LogP) is 3.68. The van der Waals surface area contributed by atoms with Gasteiger partial charge in [-0.2, -0.15) is 18.9 Å². The van der Waals surface area contributed by atoms with E-state index in [-0.39, 0.29) is 22.4 Å². The number of fused-ring (bicyclic) bond motifs is 1. The Morgan fingerprint density at radius 3 is 2.29 bits per heavy atom. The quantitative estimate of drug-likeness (QED) is 0.586. The third-order valence-electron chi connectivity index (χ3n) is 3.27. The molecule has 0 bridgehead atoms. The number of benzene rings is 2. The van der Waals surface area contributed by atoms with Crippen molar-refractivity contribution in [3.8, 4) is 5.75 Å². The van der Waals surface area contributed by atoms with Gasteiger partial charge in [-0.1, -0.05) is 28.1 Å². The molecule has 0 saturated heterocycles. The molecule has 2 aromatic carbocycles. The van der Waals surface area contributed by atoms with Crippen molar-refractivity contribution < 1.29 is 23.1 Å². The van der Waals surface area contributed by atoms with Crippen LogP contribution < -0.4 is 4.74 Å². The van der Waals surface area contributed by atoms with E-state index in [2.05, 4.69) is 25.8 Å². The van der Waals surface area contributed by atoms with Gasteiger partial charge in [0.15, 0.2) is 0 Å². The Morgan fingerprint density at radius 2 is 1.71 bits per heavy atom. The van der Waals surface area contributed by atoms with Crippen LogP contribution in [0.1, 0.15) is 26.3 Å². The maximum atomic E-state index is 12.4. The molecule has 0 saturated carbocycles. The van der Waals surface area contributed by atoms with Gasteiger partial charge in [0.25, 0.3) is 11.8 Å². The van der Waals surface area contributed by atoms with Crippen molar-refractivity contribution in [3.05, 3.63) is 63.6 Å². The van der Waals surface area contributed by atoms with Gasteiger partial charge < -0.3 is 4.74 Å². The Bertz CT molecular complexity index is 820. The van der Waals surface area contributed by atoms with E-state index in [1.165, 1.54) is 30.3 Å². The number of carbonyl (C=O) groups is 2. The van der Waals surface area contributed by atoms with Crippen LogP contribution in [0, 0.1) is 0 Å². The number of hydrazone groups is 1. The first-order valence-electron chi connectivity index (χ1n) is 6.73. The molecule has 122 valence electrons. The van der Waals surface area contributed by atoms with Crippen molar-refractivity contribution in [1.29, 1.82) is 0 Å². The van der Waals surface area contributed by atoms with Gasteiger partial charge >= 0.3 is 6.61 Å². The normalized spacial score (nSPS) is 13.9. The van der Waals surface area contributed by atoms with Gasteiger partial charge in [-0.25, -0.2) is 0 Å². The van der Waals surface area contributed by atoms with Gasteiger partial charge in [-0.15, -0.1) is 0 Å². The maximum absolute atomic E-state index is 12.4. The number of hydrogen-bond donors (Lipinski definition) is 0. The molecule has 0 radical (unpaired) electrons. The number of halogens is 3. The molecule has 24 heavy (non-hydrogen) atoms. The van der Waals surface area contributed by atoms with Crippen LogP contribution in [0.4, 0.5) is 8.78 Å². The molecule has 0 spiro atoms. The summed E-state index contributed by atoms with van der Waals surface area (Å²) in [7, 11) is 0. The first kappa shape index (κ1) is 16.3. The highest BCUT2D eigenvalue weighted by atomic mass is 79.9. The fourth-order valence-corrected chi connectivity index (χ4v) is 2.60. The lowest BCUT2D eigenvalue weighted by atomic mass is 10.1. The molecule has 0 N–H and O–H groups in total. The highest BCUT2D eigenvalue weighted by Gasteiger charge is 2.35. The summed E-state index contributed by atoms with van der Waals surface area (Å²) in [4.78, 5) is 24.4. The summed E-state index contributed by atoms with van der Waals surface area (Å²) in [5.74, 6) is -1.26. The van der Waals surface area contributed by atoms with E-state index in [1.54, 1.807) is 12.1 Å². The summed E-state index contributed by atoms with van der Waals surface area (Å²) in [6.07, 6.45) is 1.13. The average molecular weight is 395 g/mol. The first-order valence-corrected chi connectivity index (χ1v) is 7.53. The zero-order valence-corrected chi connectivity index (χ0v) is 13.5. The Balaban J connectivity index is 1.91. The predicted molar refractivity (Wildman–Crippen MR) is 85.3 cm³/mol. The molecule has 1 aliphatic heterocycles. The Kier molecular flexibility index (Phi) is 4.39. The third-order valence-corrected chi connectivity index (χ3v) is 3.77. The second-order valence-electron chi connectivity index (χ2n) is 4.77. The van der Waals surface area contributed by atoms with Crippen LogP contribution in [0.3, 0.4) is 0 Å². The molecule has 2 amide bonds. The van der Waals surface area contributed by atoms with E-state index in [1.807, 2.05) is 0 Å². The highest BCUT2D eigenvalue weighted by molar-refractivity contribution is 9.10. The van der Waals surface area contributed by atoms with Crippen LogP contribution in [0.2, 0.25) is 0 Å². The number of amides is 2. The van der Waals surface area contributed by atoms with Gasteiger partial charge in [-0.05, 0) is 30.3 Å². The van der Waals surface area contributed by atoms with E-state index < -0.39 is 18.4 Å². The molecule has 1 heterocycles. The molecule has 3 rings (SSSR count). The van der Waals surface area contributed by atoms with E-state index in [0.717, 1.165) is 6.21 Å². The summed E-state index contributed by atoms with van der Waals surface area (Å²) < 4.78 is 29.9. The molecule has 0 fully saturated rings. The van der Waals surface area contributed by atoms with Crippen molar-refractivity contribution in [1.82, 2.24) is 5.01 Å². The van der Waals surface area contributed by atoms with E-state index in [9.17, 15) is 18.4 Å². The molecule has 2 aromatic rings. The highest BCUT2D eigenvalue weighted by Crippen LogP contribution is 2.25. The number of carbonyl (C=O) groups excluding carboxylic acids is 2. The van der Waals surface area contributed by atoms with E-state index in [0.29, 0.717) is 9.48 Å². The Hall–Kier alpha value is -2.61. The summed E-state index contributed by atoms with van der Waals surface area (Å²) in [5.41, 5.74) is 0.692. The fourth-order valence-electron chi connectivity index (χ4n) is 2.22. The average Bonchev–Trinajstić information content (AvgIpc) is 2.79. The largest absolute Gasteiger partial charge is 0.434 e. The minimum absolute atomic E-state index is 0.117. The molecule has 8 heteroatoms. The second kappa shape index (κ2) is 6.48. The van der Waals surface area contributed by atoms with Crippen LogP contribution >= 0.6 is 15.9 Å². The van der Waals surface area contributed by atoms with Crippen LogP contribution in [-0.4, -0.2) is 29.6 Å². The number of imide groups is 1. The van der Waals surface area contributed by atoms with Crippen LogP contribution in [0.5, 0.6) is 5.75 Å². The Labute approximate surface area is 143 Å². The number of rotatable bonds is 4. The zero-order chi connectivity index (χ0) is 17.3. The molecule has 5 nitrogen and oxygen atoms in total. The van der Waals surface area contributed by atoms with Gasteiger partial charge in [0.1, 0.15) is 5.75 Å². The van der Waals surface area contributed by atoms with Crippen LogP contribution in [-0.2, 0) is 0 Å². The van der Waals surface area contributed by atoms with Crippen LogP contribution in [0.25, 0.3) is 0 Å². The monoisotopic (exact) mass is 394 g/mol. The molecule has 0 atom stereocenters. The van der Waals surface area contributed by atoms with Gasteiger partial charge in [0.2, 0.25) is 0 Å². The summed E-state index contributed by atoms with van der Waals surface area (Å²) in [5, 5.41) is 4.53. The SMILES string of the molecule is O=C1c2ccccc2C(=O)N1/N=C\c1cc(Br)ccc1OC(F)F. The smallest absolute Gasteiger partial charge is 0.387 e. The van der Waals surface area contributed by atoms with E-state index in [4.69, 9.17) is 0 Å². The molecule has 1 aliphatic rings. The fraction of sp³-hybridized carbons (Fsp3) is 0.0625. The molecule has 0 aromatic heterocycles. The van der Waals surface area contributed by atoms with Crippen molar-refractivity contribution in [2.45, 2.75) is 6.61 Å². The van der Waals surface area contributed by atoms with Crippen LogP contribution in [0.15, 0.2) is 52.0 Å². The summed E-state index contributed by atoms with van der Waals surface area (Å²) in [6.45, 7) is -3.00. The molecular formula is C16H9BrF2N2O3. The van der Waals surface area contributed by atoms with E-state index >= 15 is 0 Å². The third kappa shape index (κ3) is 3.05. The lowest BCUT2D eigenvalue weighted by molar-refractivity contribution is -0.0499. The minimum Gasteiger partial charge on any atom is -0.434 e. The lowest BCUT2D eigenvalue weighted by Crippen LogP contribution is -2.24. The minimum atomic E-state index is -3.00. The number of nitrogens with zero attached hydrogens (tertiary/aromatic N) is 2. The first-order chi connectivity index (χ1) is 11.5. The maximum Gasteiger partial charge on any atom is 0.387 e. The standard InChI is InChI=1S/C16H9BrF2N2O3/c17-10-5-6-13(24-16(18)19)9(7-10)8-20-21-14(22)11-3-1-2-4-12(11)15(21)23/h1-8,16H/b20-8-.